The standard InChI is InChI=1S/C28H31N3O5/c1-17(2)25(30-26(32)21-10-6-8-19(5)14-21)27(33)31-29-16-23-12-13-24(36-23)20-9-7-11-22(15-20)28(34)35-18(3)4/h6-18,25H,1-5H3,(H,30,32)(H,31,33)/b29-16+/t25-/m1/s1. The normalized spacial score (nSPS) is 12.1. The van der Waals surface area contributed by atoms with E-state index < -0.39 is 17.9 Å². The lowest BCUT2D eigenvalue weighted by molar-refractivity contribution is -0.123. The van der Waals surface area contributed by atoms with Crippen LogP contribution in [0.5, 0.6) is 0 Å². The van der Waals surface area contributed by atoms with Crippen LogP contribution >= 0.6 is 0 Å². The third kappa shape index (κ3) is 7.15. The van der Waals surface area contributed by atoms with Crippen molar-refractivity contribution in [3.63, 3.8) is 0 Å². The van der Waals surface area contributed by atoms with Gasteiger partial charge in [0.25, 0.3) is 11.8 Å². The van der Waals surface area contributed by atoms with Crippen LogP contribution in [-0.4, -0.2) is 36.1 Å². The summed E-state index contributed by atoms with van der Waals surface area (Å²) >= 11 is 0. The number of nitrogens with one attached hydrogen (secondary N) is 2. The summed E-state index contributed by atoms with van der Waals surface area (Å²) in [6, 6.07) is 16.8. The molecule has 0 radical (unpaired) electrons. The highest BCUT2D eigenvalue weighted by atomic mass is 16.5. The van der Waals surface area contributed by atoms with E-state index in [-0.39, 0.29) is 17.9 Å². The molecule has 2 N–H and O–H groups in total. The maximum absolute atomic E-state index is 12.7. The molecule has 0 aliphatic rings. The van der Waals surface area contributed by atoms with Crippen molar-refractivity contribution in [3.8, 4) is 11.3 Å². The Morgan fingerprint density at radius 3 is 2.36 bits per heavy atom. The van der Waals surface area contributed by atoms with Gasteiger partial charge in [0.15, 0.2) is 0 Å². The summed E-state index contributed by atoms with van der Waals surface area (Å²) in [5.74, 6) is -0.383. The SMILES string of the molecule is Cc1cccc(C(=O)N[C@@H](C(=O)N/N=C/c2ccc(-c3cccc(C(=O)OC(C)C)c3)o2)C(C)C)c1. The monoisotopic (exact) mass is 489 g/mol. The Hall–Kier alpha value is -4.20. The molecule has 1 aromatic heterocycles. The number of rotatable bonds is 9. The molecule has 2 amide bonds. The first kappa shape index (κ1) is 26.4. The minimum Gasteiger partial charge on any atom is -0.459 e. The van der Waals surface area contributed by atoms with E-state index >= 15 is 0 Å². The van der Waals surface area contributed by atoms with E-state index in [4.69, 9.17) is 9.15 Å². The van der Waals surface area contributed by atoms with Crippen LogP contribution in [0.3, 0.4) is 0 Å². The van der Waals surface area contributed by atoms with E-state index in [0.29, 0.717) is 28.2 Å². The fraction of sp³-hybridized carbons (Fsp3) is 0.286. The fourth-order valence-electron chi connectivity index (χ4n) is 3.43. The van der Waals surface area contributed by atoms with Gasteiger partial charge in [-0.15, -0.1) is 0 Å². The molecule has 0 unspecified atom stereocenters. The zero-order valence-electron chi connectivity index (χ0n) is 21.1. The molecule has 0 fully saturated rings. The third-order valence-electron chi connectivity index (χ3n) is 5.23. The number of aryl methyl sites for hydroxylation is 1. The summed E-state index contributed by atoms with van der Waals surface area (Å²) in [6.45, 7) is 9.17. The van der Waals surface area contributed by atoms with Gasteiger partial charge in [0.1, 0.15) is 17.6 Å². The number of benzene rings is 2. The van der Waals surface area contributed by atoms with Gasteiger partial charge in [-0.3, -0.25) is 9.59 Å². The summed E-state index contributed by atoms with van der Waals surface area (Å²) in [5.41, 5.74) is 5.04. The fourth-order valence-corrected chi connectivity index (χ4v) is 3.43. The smallest absolute Gasteiger partial charge is 0.338 e. The lowest BCUT2D eigenvalue weighted by atomic mass is 10.0. The highest BCUT2D eigenvalue weighted by molar-refractivity contribution is 5.98. The van der Waals surface area contributed by atoms with Gasteiger partial charge in [0, 0.05) is 11.1 Å². The Morgan fingerprint density at radius 2 is 1.67 bits per heavy atom. The van der Waals surface area contributed by atoms with Gasteiger partial charge in [-0.25, -0.2) is 10.2 Å². The van der Waals surface area contributed by atoms with Gasteiger partial charge in [-0.05, 0) is 63.1 Å². The highest BCUT2D eigenvalue weighted by Crippen LogP contribution is 2.23. The first-order valence-electron chi connectivity index (χ1n) is 11.8. The summed E-state index contributed by atoms with van der Waals surface area (Å²) in [4.78, 5) is 37.5. The number of esters is 1. The molecule has 0 spiro atoms. The molecule has 0 saturated carbocycles. The molecule has 8 nitrogen and oxygen atoms in total. The maximum atomic E-state index is 12.7. The van der Waals surface area contributed by atoms with Crippen molar-refractivity contribution < 1.29 is 23.5 Å². The number of hydrogen-bond donors (Lipinski definition) is 2. The molecule has 0 aliphatic heterocycles. The lowest BCUT2D eigenvalue weighted by Gasteiger charge is -2.20. The molecule has 2 aromatic carbocycles. The van der Waals surface area contributed by atoms with E-state index in [2.05, 4.69) is 15.8 Å². The van der Waals surface area contributed by atoms with Crippen molar-refractivity contribution in [1.82, 2.24) is 10.7 Å². The minimum atomic E-state index is -0.768. The van der Waals surface area contributed by atoms with Crippen molar-refractivity contribution in [1.29, 1.82) is 0 Å². The van der Waals surface area contributed by atoms with Gasteiger partial charge < -0.3 is 14.5 Å². The first-order chi connectivity index (χ1) is 17.1. The van der Waals surface area contributed by atoms with Crippen molar-refractivity contribution in [2.24, 2.45) is 11.0 Å². The molecule has 1 heterocycles. The number of carbonyl (C=O) groups is 3. The van der Waals surface area contributed by atoms with Gasteiger partial charge in [0.05, 0.1) is 17.9 Å². The number of ether oxygens (including phenoxy) is 1. The largest absolute Gasteiger partial charge is 0.459 e. The van der Waals surface area contributed by atoms with E-state index in [1.807, 2.05) is 32.9 Å². The van der Waals surface area contributed by atoms with Crippen LogP contribution in [0.15, 0.2) is 70.2 Å². The van der Waals surface area contributed by atoms with Crippen molar-refractivity contribution >= 4 is 24.0 Å². The predicted molar refractivity (Wildman–Crippen MR) is 138 cm³/mol. The number of amides is 2. The molecule has 36 heavy (non-hydrogen) atoms. The second-order valence-corrected chi connectivity index (χ2v) is 9.04. The Kier molecular flexibility index (Phi) is 8.78. The van der Waals surface area contributed by atoms with Crippen LogP contribution in [0.1, 0.15) is 59.7 Å². The van der Waals surface area contributed by atoms with Gasteiger partial charge in [-0.1, -0.05) is 43.7 Å². The molecule has 0 bridgehead atoms. The number of carbonyl (C=O) groups excluding carboxylic acids is 3. The quantitative estimate of drug-likeness (QED) is 0.257. The highest BCUT2D eigenvalue weighted by Gasteiger charge is 2.24. The number of hydrazone groups is 1. The van der Waals surface area contributed by atoms with Crippen molar-refractivity contribution in [2.45, 2.75) is 46.8 Å². The Bertz CT molecular complexity index is 1260. The van der Waals surface area contributed by atoms with E-state index in [0.717, 1.165) is 5.56 Å². The molecule has 1 atom stereocenters. The van der Waals surface area contributed by atoms with E-state index in [1.54, 1.807) is 62.4 Å². The van der Waals surface area contributed by atoms with Crippen LogP contribution in [-0.2, 0) is 9.53 Å². The molecule has 0 saturated heterocycles. The van der Waals surface area contributed by atoms with E-state index in [9.17, 15) is 14.4 Å². The van der Waals surface area contributed by atoms with Crippen molar-refractivity contribution in [3.05, 3.63) is 83.1 Å². The van der Waals surface area contributed by atoms with E-state index in [1.165, 1.54) is 6.21 Å². The molecular weight excluding hydrogens is 458 g/mol. The third-order valence-corrected chi connectivity index (χ3v) is 5.23. The van der Waals surface area contributed by atoms with Crippen LogP contribution in [0.25, 0.3) is 11.3 Å². The molecule has 8 heteroatoms. The molecule has 3 rings (SSSR count). The van der Waals surface area contributed by atoms with Gasteiger partial charge in [0.2, 0.25) is 0 Å². The summed E-state index contributed by atoms with van der Waals surface area (Å²) in [5, 5.41) is 6.75. The predicted octanol–water partition coefficient (Wildman–Crippen LogP) is 4.72. The second kappa shape index (κ2) is 12.0. The number of furan rings is 1. The summed E-state index contributed by atoms with van der Waals surface area (Å²) in [7, 11) is 0. The Balaban J connectivity index is 1.63. The van der Waals surface area contributed by atoms with Gasteiger partial charge in [-0.2, -0.15) is 5.10 Å². The molecule has 188 valence electrons. The Labute approximate surface area is 210 Å². The van der Waals surface area contributed by atoms with Crippen LogP contribution in [0.4, 0.5) is 0 Å². The Morgan fingerprint density at radius 1 is 0.944 bits per heavy atom. The van der Waals surface area contributed by atoms with Gasteiger partial charge >= 0.3 is 5.97 Å². The second-order valence-electron chi connectivity index (χ2n) is 9.04. The summed E-state index contributed by atoms with van der Waals surface area (Å²) < 4.78 is 11.0. The topological polar surface area (TPSA) is 110 Å². The maximum Gasteiger partial charge on any atom is 0.338 e. The zero-order valence-corrected chi connectivity index (χ0v) is 21.1. The molecular formula is C28H31N3O5. The zero-order chi connectivity index (χ0) is 26.2. The van der Waals surface area contributed by atoms with Crippen molar-refractivity contribution in [2.75, 3.05) is 0 Å². The van der Waals surface area contributed by atoms with Crippen LogP contribution in [0, 0.1) is 12.8 Å². The first-order valence-corrected chi connectivity index (χ1v) is 11.8. The molecule has 3 aromatic rings. The molecule has 0 aliphatic carbocycles. The number of hydrogen-bond acceptors (Lipinski definition) is 6. The minimum absolute atomic E-state index is 0.154. The van der Waals surface area contributed by atoms with Crippen LogP contribution in [0.2, 0.25) is 0 Å². The lowest BCUT2D eigenvalue weighted by Crippen LogP contribution is -2.48. The van der Waals surface area contributed by atoms with Crippen LogP contribution < -0.4 is 10.7 Å². The average molecular weight is 490 g/mol. The average Bonchev–Trinajstić information content (AvgIpc) is 3.30. The summed E-state index contributed by atoms with van der Waals surface area (Å²) in [6.07, 6.45) is 1.16. The number of nitrogens with zero attached hydrogens (tertiary/aromatic N) is 1.